The molecule has 2 aromatic rings. The summed E-state index contributed by atoms with van der Waals surface area (Å²) in [4.78, 5) is 0. The van der Waals surface area contributed by atoms with Gasteiger partial charge in [-0.2, -0.15) is 5.11 Å². The molecular weight excluding hydrogens is 330 g/mol. The smallest absolute Gasteiger partial charge is 0.148 e. The third-order valence-electron chi connectivity index (χ3n) is 3.67. The van der Waals surface area contributed by atoms with Crippen molar-refractivity contribution in [2.45, 2.75) is 32.6 Å². The molecule has 6 heteroatoms. The van der Waals surface area contributed by atoms with E-state index in [1.807, 2.05) is 24.3 Å². The minimum absolute atomic E-state index is 0.158. The summed E-state index contributed by atoms with van der Waals surface area (Å²) in [7, 11) is 0. The van der Waals surface area contributed by atoms with Crippen molar-refractivity contribution in [3.05, 3.63) is 42.5 Å². The Hall–Kier alpha value is -2.60. The summed E-state index contributed by atoms with van der Waals surface area (Å²) >= 11 is 0. The van der Waals surface area contributed by atoms with E-state index < -0.39 is 0 Å². The Morgan fingerprint density at radius 2 is 1.69 bits per heavy atom. The summed E-state index contributed by atoms with van der Waals surface area (Å²) in [6.45, 7) is 3.51. The largest absolute Gasteiger partial charge is 0.494 e. The van der Waals surface area contributed by atoms with Gasteiger partial charge >= 0.3 is 0 Å². The van der Waals surface area contributed by atoms with Crippen molar-refractivity contribution in [3.63, 3.8) is 0 Å². The van der Waals surface area contributed by atoms with Crippen LogP contribution in [-0.2, 0) is 0 Å². The Bertz CT molecular complexity index is 687. The number of unbranched alkanes of at least 4 members (excludes halogenated alkanes) is 2. The van der Waals surface area contributed by atoms with Gasteiger partial charge in [0.05, 0.1) is 18.9 Å². The first-order chi connectivity index (χ1) is 12.7. The Balaban J connectivity index is 2.00. The van der Waals surface area contributed by atoms with Crippen LogP contribution in [-0.4, -0.2) is 24.9 Å². The molecule has 2 aromatic carbocycles. The number of ether oxygens (including phenoxy) is 2. The first-order valence-corrected chi connectivity index (χ1v) is 9.00. The SMILES string of the molecule is CCCCOc1ccc(N=Nc2ccc(N)cc2OCCCCO)cc1. The van der Waals surface area contributed by atoms with Gasteiger partial charge in [0, 0.05) is 18.4 Å². The van der Waals surface area contributed by atoms with Crippen LogP contribution in [0.4, 0.5) is 17.1 Å². The monoisotopic (exact) mass is 357 g/mol. The third-order valence-corrected chi connectivity index (χ3v) is 3.67. The van der Waals surface area contributed by atoms with Gasteiger partial charge in [-0.3, -0.25) is 0 Å². The quantitative estimate of drug-likeness (QED) is 0.336. The van der Waals surface area contributed by atoms with E-state index in [0.29, 0.717) is 30.2 Å². The number of nitrogens with zero attached hydrogens (tertiary/aromatic N) is 2. The lowest BCUT2D eigenvalue weighted by Gasteiger charge is -2.09. The van der Waals surface area contributed by atoms with E-state index in [0.717, 1.165) is 37.3 Å². The van der Waals surface area contributed by atoms with Crippen LogP contribution >= 0.6 is 0 Å². The van der Waals surface area contributed by atoms with Crippen molar-refractivity contribution >= 4 is 17.1 Å². The number of aliphatic hydroxyl groups is 1. The third kappa shape index (κ3) is 6.72. The molecule has 0 radical (unpaired) electrons. The number of nitrogen functional groups attached to an aromatic ring is 1. The molecule has 0 aliphatic rings. The fourth-order valence-electron chi connectivity index (χ4n) is 2.18. The Morgan fingerprint density at radius 1 is 0.923 bits per heavy atom. The maximum Gasteiger partial charge on any atom is 0.148 e. The number of aliphatic hydroxyl groups excluding tert-OH is 1. The van der Waals surface area contributed by atoms with Gasteiger partial charge in [0.2, 0.25) is 0 Å². The summed E-state index contributed by atoms with van der Waals surface area (Å²) < 4.78 is 11.4. The molecule has 0 heterocycles. The summed E-state index contributed by atoms with van der Waals surface area (Å²) in [5, 5.41) is 17.4. The predicted molar refractivity (Wildman–Crippen MR) is 104 cm³/mol. The fraction of sp³-hybridized carbons (Fsp3) is 0.400. The van der Waals surface area contributed by atoms with E-state index in [4.69, 9.17) is 20.3 Å². The van der Waals surface area contributed by atoms with Gasteiger partial charge < -0.3 is 20.3 Å². The van der Waals surface area contributed by atoms with Crippen LogP contribution in [0, 0.1) is 0 Å². The maximum absolute atomic E-state index is 8.83. The van der Waals surface area contributed by atoms with Crippen LogP contribution in [0.2, 0.25) is 0 Å². The molecule has 0 spiro atoms. The zero-order chi connectivity index (χ0) is 18.6. The van der Waals surface area contributed by atoms with Gasteiger partial charge in [-0.25, -0.2) is 0 Å². The van der Waals surface area contributed by atoms with E-state index in [-0.39, 0.29) is 6.61 Å². The van der Waals surface area contributed by atoms with Gasteiger partial charge in [0.1, 0.15) is 17.2 Å². The van der Waals surface area contributed by atoms with E-state index >= 15 is 0 Å². The number of hydrogen-bond acceptors (Lipinski definition) is 6. The minimum Gasteiger partial charge on any atom is -0.494 e. The van der Waals surface area contributed by atoms with Gasteiger partial charge in [-0.05, 0) is 55.7 Å². The number of rotatable bonds is 11. The second kappa shape index (κ2) is 11.1. The first-order valence-electron chi connectivity index (χ1n) is 9.00. The van der Waals surface area contributed by atoms with E-state index in [2.05, 4.69) is 17.2 Å². The molecule has 3 N–H and O–H groups in total. The topological polar surface area (TPSA) is 89.4 Å². The van der Waals surface area contributed by atoms with Crippen molar-refractivity contribution in [1.82, 2.24) is 0 Å². The van der Waals surface area contributed by atoms with Crippen LogP contribution in [0.15, 0.2) is 52.7 Å². The molecule has 0 saturated carbocycles. The van der Waals surface area contributed by atoms with Crippen molar-refractivity contribution in [2.24, 2.45) is 10.2 Å². The molecule has 0 aliphatic heterocycles. The highest BCUT2D eigenvalue weighted by Gasteiger charge is 2.04. The fourth-order valence-corrected chi connectivity index (χ4v) is 2.18. The summed E-state index contributed by atoms with van der Waals surface area (Å²) in [6.07, 6.45) is 3.62. The molecule has 0 aromatic heterocycles. The van der Waals surface area contributed by atoms with Gasteiger partial charge in [0.25, 0.3) is 0 Å². The second-order valence-electron chi connectivity index (χ2n) is 5.90. The zero-order valence-electron chi connectivity index (χ0n) is 15.2. The molecule has 2 rings (SSSR count). The van der Waals surface area contributed by atoms with Crippen molar-refractivity contribution in [1.29, 1.82) is 0 Å². The lowest BCUT2D eigenvalue weighted by Crippen LogP contribution is -1.99. The van der Waals surface area contributed by atoms with Crippen LogP contribution in [0.5, 0.6) is 11.5 Å². The summed E-state index contributed by atoms with van der Waals surface area (Å²) in [5.74, 6) is 1.42. The minimum atomic E-state index is 0.158. The Labute approximate surface area is 154 Å². The first kappa shape index (κ1) is 19.7. The molecule has 0 bridgehead atoms. The molecule has 6 nitrogen and oxygen atoms in total. The summed E-state index contributed by atoms with van der Waals surface area (Å²) in [6, 6.07) is 12.8. The average Bonchev–Trinajstić information content (AvgIpc) is 2.66. The Kier molecular flexibility index (Phi) is 8.42. The highest BCUT2D eigenvalue weighted by atomic mass is 16.5. The lowest BCUT2D eigenvalue weighted by atomic mass is 10.2. The van der Waals surface area contributed by atoms with Crippen LogP contribution in [0.25, 0.3) is 0 Å². The predicted octanol–water partition coefficient (Wildman–Crippen LogP) is 5.01. The van der Waals surface area contributed by atoms with Crippen LogP contribution in [0.3, 0.4) is 0 Å². The molecule has 26 heavy (non-hydrogen) atoms. The zero-order valence-corrected chi connectivity index (χ0v) is 15.2. The van der Waals surface area contributed by atoms with Gasteiger partial charge in [-0.1, -0.05) is 13.3 Å². The van der Waals surface area contributed by atoms with Crippen LogP contribution < -0.4 is 15.2 Å². The Morgan fingerprint density at radius 3 is 2.42 bits per heavy atom. The van der Waals surface area contributed by atoms with E-state index in [9.17, 15) is 0 Å². The van der Waals surface area contributed by atoms with Crippen molar-refractivity contribution in [2.75, 3.05) is 25.6 Å². The number of benzene rings is 2. The normalized spacial score (nSPS) is 11.0. The average molecular weight is 357 g/mol. The maximum atomic E-state index is 8.83. The van der Waals surface area contributed by atoms with Gasteiger partial charge in [-0.15, -0.1) is 5.11 Å². The molecule has 140 valence electrons. The number of hydrogen-bond donors (Lipinski definition) is 2. The van der Waals surface area contributed by atoms with E-state index in [1.54, 1.807) is 18.2 Å². The molecule has 0 aliphatic carbocycles. The molecule has 0 saturated heterocycles. The molecule has 0 amide bonds. The lowest BCUT2D eigenvalue weighted by molar-refractivity contribution is 0.253. The number of anilines is 1. The number of nitrogens with two attached hydrogens (primary N) is 1. The highest BCUT2D eigenvalue weighted by Crippen LogP contribution is 2.31. The van der Waals surface area contributed by atoms with Crippen molar-refractivity contribution in [3.8, 4) is 11.5 Å². The van der Waals surface area contributed by atoms with Crippen molar-refractivity contribution < 1.29 is 14.6 Å². The summed E-state index contributed by atoms with van der Waals surface area (Å²) in [5.41, 5.74) is 7.78. The number of azo groups is 1. The van der Waals surface area contributed by atoms with Gasteiger partial charge in [0.15, 0.2) is 0 Å². The molecule has 0 fully saturated rings. The molecular formula is C20H27N3O3. The van der Waals surface area contributed by atoms with E-state index in [1.165, 1.54) is 0 Å². The van der Waals surface area contributed by atoms with Crippen LogP contribution in [0.1, 0.15) is 32.6 Å². The standard InChI is InChI=1S/C20H27N3O3/c1-2-3-13-25-18-9-7-17(8-10-18)22-23-19-11-6-16(21)15-20(19)26-14-5-4-12-24/h6-11,15,24H,2-5,12-14,21H2,1H3. The second-order valence-corrected chi connectivity index (χ2v) is 5.90. The molecule has 0 unspecified atom stereocenters. The molecule has 0 atom stereocenters. The highest BCUT2D eigenvalue weighted by molar-refractivity contribution is 5.59.